The summed E-state index contributed by atoms with van der Waals surface area (Å²) in [5, 5.41) is 11.8. The van der Waals surface area contributed by atoms with Gasteiger partial charge in [0.05, 0.1) is 11.5 Å². The Balaban J connectivity index is 1.97. The van der Waals surface area contributed by atoms with Gasteiger partial charge in [-0.15, -0.1) is 0 Å². The van der Waals surface area contributed by atoms with Gasteiger partial charge < -0.3 is 10.4 Å². The number of carbonyl (C=O) groups is 2. The fourth-order valence-electron chi connectivity index (χ4n) is 2.25. The molecule has 1 aromatic rings. The summed E-state index contributed by atoms with van der Waals surface area (Å²) in [5.41, 5.74) is 0.650. The molecule has 96 valence electrons. The second-order valence-corrected chi connectivity index (χ2v) is 5.66. The predicted molar refractivity (Wildman–Crippen MR) is 75.4 cm³/mol. The molecule has 2 N–H and O–H groups in total. The highest BCUT2D eigenvalue weighted by atomic mass is 127. The molecule has 0 aliphatic heterocycles. The topological polar surface area (TPSA) is 66.4 Å². The molecule has 2 rings (SSSR count). The Kier molecular flexibility index (Phi) is 4.21. The van der Waals surface area contributed by atoms with Crippen LogP contribution >= 0.6 is 22.6 Å². The van der Waals surface area contributed by atoms with E-state index in [4.69, 9.17) is 5.11 Å². The number of carboxylic acid groups (broad SMARTS) is 1. The number of benzene rings is 1. The van der Waals surface area contributed by atoms with Crippen LogP contribution in [0.1, 0.15) is 29.6 Å². The van der Waals surface area contributed by atoms with Gasteiger partial charge in [0.1, 0.15) is 0 Å². The van der Waals surface area contributed by atoms with Crippen molar-refractivity contribution in [2.24, 2.45) is 5.92 Å². The van der Waals surface area contributed by atoms with Crippen molar-refractivity contribution in [2.75, 3.05) is 0 Å². The number of carboxylic acids is 1. The zero-order valence-corrected chi connectivity index (χ0v) is 11.9. The number of aliphatic carboxylic acids is 1. The second-order valence-electron chi connectivity index (χ2n) is 4.50. The quantitative estimate of drug-likeness (QED) is 0.814. The molecule has 1 saturated carbocycles. The van der Waals surface area contributed by atoms with Gasteiger partial charge in [0.25, 0.3) is 5.91 Å². The molecule has 5 heteroatoms. The Bertz CT molecular complexity index is 475. The van der Waals surface area contributed by atoms with Crippen LogP contribution in [0, 0.1) is 9.49 Å². The van der Waals surface area contributed by atoms with E-state index in [9.17, 15) is 9.59 Å². The summed E-state index contributed by atoms with van der Waals surface area (Å²) in [6, 6.07) is 7.35. The Morgan fingerprint density at radius 2 is 2.00 bits per heavy atom. The van der Waals surface area contributed by atoms with Gasteiger partial charge in [0.2, 0.25) is 0 Å². The molecule has 18 heavy (non-hydrogen) atoms. The van der Waals surface area contributed by atoms with Crippen molar-refractivity contribution >= 4 is 34.5 Å². The van der Waals surface area contributed by atoms with Gasteiger partial charge in [-0.25, -0.2) is 0 Å². The van der Waals surface area contributed by atoms with Crippen molar-refractivity contribution in [1.29, 1.82) is 0 Å². The lowest BCUT2D eigenvalue weighted by molar-refractivity contribution is -0.141. The summed E-state index contributed by atoms with van der Waals surface area (Å²) in [6.07, 6.45) is 1.92. The first-order chi connectivity index (χ1) is 8.58. The minimum atomic E-state index is -0.763. The van der Waals surface area contributed by atoms with Gasteiger partial charge in [0, 0.05) is 9.61 Å². The lowest BCUT2D eigenvalue weighted by Gasteiger charge is -2.13. The number of nitrogens with one attached hydrogen (secondary N) is 1. The van der Waals surface area contributed by atoms with Gasteiger partial charge in [-0.05, 0) is 54.0 Å². The number of halogens is 1. The van der Waals surface area contributed by atoms with E-state index in [1.807, 2.05) is 18.2 Å². The van der Waals surface area contributed by atoms with Crippen molar-refractivity contribution in [3.8, 4) is 0 Å². The smallest absolute Gasteiger partial charge is 0.306 e. The van der Waals surface area contributed by atoms with E-state index in [0.717, 1.165) is 9.99 Å². The highest BCUT2D eigenvalue weighted by Gasteiger charge is 2.30. The molecule has 1 amide bonds. The first-order valence-corrected chi connectivity index (χ1v) is 6.94. The maximum atomic E-state index is 12.0. The Labute approximate surface area is 119 Å². The lowest BCUT2D eigenvalue weighted by atomic mass is 10.1. The molecule has 0 aromatic heterocycles. The van der Waals surface area contributed by atoms with Crippen LogP contribution in [0.5, 0.6) is 0 Å². The Morgan fingerprint density at radius 3 is 2.61 bits per heavy atom. The summed E-state index contributed by atoms with van der Waals surface area (Å²) >= 11 is 2.12. The molecule has 1 aromatic carbocycles. The molecule has 0 radical (unpaired) electrons. The normalized spacial score (nSPS) is 22.7. The molecule has 0 bridgehead atoms. The molecule has 0 spiro atoms. The SMILES string of the molecule is O=C(N[C@H]1CC[C@@H](C(=O)O)C1)c1ccccc1I. The molecular formula is C13H14INO3. The zero-order chi connectivity index (χ0) is 13.1. The summed E-state index contributed by atoms with van der Waals surface area (Å²) in [7, 11) is 0. The molecule has 1 aliphatic carbocycles. The Hall–Kier alpha value is -1.11. The fourth-order valence-corrected chi connectivity index (χ4v) is 2.88. The number of carbonyl (C=O) groups excluding carboxylic acids is 1. The van der Waals surface area contributed by atoms with Crippen LogP contribution in [0.25, 0.3) is 0 Å². The standard InChI is InChI=1S/C13H14INO3/c14-11-4-2-1-3-10(11)12(16)15-9-6-5-8(7-9)13(17)18/h1-4,8-9H,5-7H2,(H,15,16)(H,17,18)/t8-,9+/m1/s1. The molecule has 0 saturated heterocycles. The van der Waals surface area contributed by atoms with E-state index < -0.39 is 5.97 Å². The van der Waals surface area contributed by atoms with Gasteiger partial charge in [-0.3, -0.25) is 9.59 Å². The third kappa shape index (κ3) is 3.01. The van der Waals surface area contributed by atoms with E-state index in [2.05, 4.69) is 27.9 Å². The van der Waals surface area contributed by atoms with E-state index in [1.165, 1.54) is 0 Å². The van der Waals surface area contributed by atoms with Crippen LogP contribution in [0.15, 0.2) is 24.3 Å². The molecule has 0 unspecified atom stereocenters. The van der Waals surface area contributed by atoms with E-state index in [-0.39, 0.29) is 17.9 Å². The molecular weight excluding hydrogens is 345 g/mol. The minimum absolute atomic E-state index is 0.0189. The van der Waals surface area contributed by atoms with Crippen LogP contribution in [0.2, 0.25) is 0 Å². The summed E-state index contributed by atoms with van der Waals surface area (Å²) in [4.78, 5) is 22.9. The first kappa shape index (κ1) is 13.3. The number of amides is 1. The van der Waals surface area contributed by atoms with E-state index >= 15 is 0 Å². The van der Waals surface area contributed by atoms with Gasteiger partial charge >= 0.3 is 5.97 Å². The summed E-state index contributed by atoms with van der Waals surface area (Å²) < 4.78 is 0.903. The largest absolute Gasteiger partial charge is 0.481 e. The maximum absolute atomic E-state index is 12.0. The molecule has 1 aliphatic rings. The number of hydrogen-bond donors (Lipinski definition) is 2. The highest BCUT2D eigenvalue weighted by Crippen LogP contribution is 2.26. The molecule has 0 heterocycles. The van der Waals surface area contributed by atoms with Gasteiger partial charge in [-0.1, -0.05) is 12.1 Å². The van der Waals surface area contributed by atoms with Crippen LogP contribution < -0.4 is 5.32 Å². The van der Waals surface area contributed by atoms with Crippen LogP contribution in [0.4, 0.5) is 0 Å². The first-order valence-electron chi connectivity index (χ1n) is 5.86. The third-order valence-electron chi connectivity index (χ3n) is 3.24. The van der Waals surface area contributed by atoms with E-state index in [1.54, 1.807) is 6.07 Å². The predicted octanol–water partition coefficient (Wildman–Crippen LogP) is 2.27. The fraction of sp³-hybridized carbons (Fsp3) is 0.385. The van der Waals surface area contributed by atoms with Crippen LogP contribution in [0.3, 0.4) is 0 Å². The number of hydrogen-bond acceptors (Lipinski definition) is 2. The van der Waals surface area contributed by atoms with Crippen molar-refractivity contribution in [2.45, 2.75) is 25.3 Å². The monoisotopic (exact) mass is 359 g/mol. The minimum Gasteiger partial charge on any atom is -0.481 e. The summed E-state index contributed by atoms with van der Waals surface area (Å²) in [5.74, 6) is -1.19. The van der Waals surface area contributed by atoms with Crippen molar-refractivity contribution in [1.82, 2.24) is 5.32 Å². The number of rotatable bonds is 3. The van der Waals surface area contributed by atoms with Crippen molar-refractivity contribution in [3.63, 3.8) is 0 Å². The van der Waals surface area contributed by atoms with E-state index in [0.29, 0.717) is 18.4 Å². The van der Waals surface area contributed by atoms with Crippen molar-refractivity contribution < 1.29 is 14.7 Å². The Morgan fingerprint density at radius 1 is 1.28 bits per heavy atom. The maximum Gasteiger partial charge on any atom is 0.306 e. The average molecular weight is 359 g/mol. The lowest BCUT2D eigenvalue weighted by Crippen LogP contribution is -2.33. The van der Waals surface area contributed by atoms with Crippen LogP contribution in [-0.2, 0) is 4.79 Å². The molecule has 1 fully saturated rings. The van der Waals surface area contributed by atoms with Crippen molar-refractivity contribution in [3.05, 3.63) is 33.4 Å². The van der Waals surface area contributed by atoms with Crippen LogP contribution in [-0.4, -0.2) is 23.0 Å². The average Bonchev–Trinajstić information content (AvgIpc) is 2.78. The van der Waals surface area contributed by atoms with Gasteiger partial charge in [-0.2, -0.15) is 0 Å². The third-order valence-corrected chi connectivity index (χ3v) is 4.18. The highest BCUT2D eigenvalue weighted by molar-refractivity contribution is 14.1. The molecule has 4 nitrogen and oxygen atoms in total. The summed E-state index contributed by atoms with van der Waals surface area (Å²) in [6.45, 7) is 0. The molecule has 2 atom stereocenters. The zero-order valence-electron chi connectivity index (χ0n) is 9.73. The second kappa shape index (κ2) is 5.69. The van der Waals surface area contributed by atoms with Gasteiger partial charge in [0.15, 0.2) is 0 Å².